The summed E-state index contributed by atoms with van der Waals surface area (Å²) in [5, 5.41) is 3.30. The van der Waals surface area contributed by atoms with Gasteiger partial charge in [0.15, 0.2) is 0 Å². The number of benzene rings is 1. The topological polar surface area (TPSA) is 52.7 Å². The lowest BCUT2D eigenvalue weighted by Gasteiger charge is -2.35. The van der Waals surface area contributed by atoms with E-state index < -0.39 is 0 Å². The van der Waals surface area contributed by atoms with Crippen LogP contribution in [0, 0.1) is 12.8 Å². The number of amides is 3. The van der Waals surface area contributed by atoms with Crippen LogP contribution in [0.25, 0.3) is 0 Å². The van der Waals surface area contributed by atoms with E-state index in [0.29, 0.717) is 13.1 Å². The zero-order chi connectivity index (χ0) is 20.3. The van der Waals surface area contributed by atoms with Crippen molar-refractivity contribution in [3.05, 3.63) is 35.4 Å². The average molecular weight is 398 g/mol. The molecular formula is C24H35N3O2. The van der Waals surface area contributed by atoms with Crippen molar-refractivity contribution in [3.8, 4) is 0 Å². The molecule has 158 valence electrons. The zero-order valence-corrected chi connectivity index (χ0v) is 17.8. The fraction of sp³-hybridized carbons (Fsp3) is 0.667. The fourth-order valence-electron chi connectivity index (χ4n) is 5.44. The summed E-state index contributed by atoms with van der Waals surface area (Å²) in [6.45, 7) is 6.07. The number of carbonyl (C=O) groups excluding carboxylic acids is 2. The van der Waals surface area contributed by atoms with Gasteiger partial charge in [0.2, 0.25) is 5.91 Å². The lowest BCUT2D eigenvalue weighted by molar-refractivity contribution is -0.126. The van der Waals surface area contributed by atoms with Crippen LogP contribution in [0.5, 0.6) is 0 Å². The number of hydrogen-bond donors (Lipinski definition) is 1. The third-order valence-corrected chi connectivity index (χ3v) is 7.30. The van der Waals surface area contributed by atoms with Gasteiger partial charge < -0.3 is 15.1 Å². The summed E-state index contributed by atoms with van der Waals surface area (Å²) < 4.78 is 0. The molecule has 0 aromatic heterocycles. The number of likely N-dealkylation sites (tertiary alicyclic amines) is 2. The van der Waals surface area contributed by atoms with Gasteiger partial charge in [-0.2, -0.15) is 0 Å². The summed E-state index contributed by atoms with van der Waals surface area (Å²) in [4.78, 5) is 29.4. The van der Waals surface area contributed by atoms with E-state index in [4.69, 9.17) is 0 Å². The number of urea groups is 1. The maximum Gasteiger partial charge on any atom is 0.319 e. The minimum atomic E-state index is 0.0357. The van der Waals surface area contributed by atoms with Crippen LogP contribution in [0.4, 0.5) is 4.79 Å². The number of rotatable bonds is 4. The largest absolute Gasteiger partial charge is 0.355 e. The predicted octanol–water partition coefficient (Wildman–Crippen LogP) is 3.85. The van der Waals surface area contributed by atoms with E-state index in [2.05, 4.69) is 36.5 Å². The number of piperidine rings is 1. The van der Waals surface area contributed by atoms with E-state index in [-0.39, 0.29) is 23.3 Å². The van der Waals surface area contributed by atoms with E-state index >= 15 is 0 Å². The van der Waals surface area contributed by atoms with Crippen molar-refractivity contribution in [2.24, 2.45) is 5.92 Å². The molecule has 2 aliphatic heterocycles. The lowest BCUT2D eigenvalue weighted by atomic mass is 9.78. The molecule has 0 radical (unpaired) electrons. The first-order valence-corrected chi connectivity index (χ1v) is 11.5. The Labute approximate surface area is 174 Å². The number of hydrogen-bond acceptors (Lipinski definition) is 2. The first-order valence-electron chi connectivity index (χ1n) is 11.5. The van der Waals surface area contributed by atoms with Crippen LogP contribution >= 0.6 is 0 Å². The lowest BCUT2D eigenvalue weighted by Crippen LogP contribution is -2.48. The molecule has 3 aliphatic rings. The maximum atomic E-state index is 12.9. The molecule has 1 aromatic carbocycles. The summed E-state index contributed by atoms with van der Waals surface area (Å²) >= 11 is 0. The van der Waals surface area contributed by atoms with Gasteiger partial charge in [0.25, 0.3) is 0 Å². The summed E-state index contributed by atoms with van der Waals surface area (Å²) in [5.41, 5.74) is 2.75. The second-order valence-electron chi connectivity index (χ2n) is 9.31. The molecule has 0 atom stereocenters. The zero-order valence-electron chi connectivity index (χ0n) is 17.8. The molecule has 29 heavy (non-hydrogen) atoms. The van der Waals surface area contributed by atoms with Crippen LogP contribution in [-0.2, 0) is 10.2 Å². The molecule has 4 rings (SSSR count). The van der Waals surface area contributed by atoms with Crippen molar-refractivity contribution in [1.82, 2.24) is 15.1 Å². The van der Waals surface area contributed by atoms with E-state index in [1.165, 1.54) is 24.0 Å². The standard InChI is InChI=1S/C24H35N3O2/c1-19-7-6-8-21(17-19)24(11-2-3-12-24)18-25-22(28)20-9-15-27(16-10-20)23(29)26-13-4-5-14-26/h6-8,17,20H,2-5,9-16,18H2,1H3,(H,25,28). The minimum Gasteiger partial charge on any atom is -0.355 e. The average Bonchev–Trinajstić information content (AvgIpc) is 3.44. The van der Waals surface area contributed by atoms with Gasteiger partial charge in [-0.05, 0) is 51.0 Å². The Balaban J connectivity index is 1.31. The van der Waals surface area contributed by atoms with Crippen molar-refractivity contribution in [2.45, 2.75) is 63.7 Å². The Bertz CT molecular complexity index is 727. The van der Waals surface area contributed by atoms with Crippen molar-refractivity contribution >= 4 is 11.9 Å². The van der Waals surface area contributed by atoms with Crippen molar-refractivity contribution in [2.75, 3.05) is 32.7 Å². The van der Waals surface area contributed by atoms with Gasteiger partial charge in [0.05, 0.1) is 0 Å². The molecule has 1 aliphatic carbocycles. The molecule has 2 saturated heterocycles. The van der Waals surface area contributed by atoms with Crippen LogP contribution in [0.1, 0.15) is 62.5 Å². The summed E-state index contributed by atoms with van der Waals surface area (Å²) in [7, 11) is 0. The van der Waals surface area contributed by atoms with Crippen LogP contribution in [0.15, 0.2) is 24.3 Å². The monoisotopic (exact) mass is 397 g/mol. The van der Waals surface area contributed by atoms with Gasteiger partial charge >= 0.3 is 6.03 Å². The second kappa shape index (κ2) is 8.76. The van der Waals surface area contributed by atoms with Gasteiger partial charge in [-0.3, -0.25) is 4.79 Å². The molecule has 1 aromatic rings. The minimum absolute atomic E-state index is 0.0357. The van der Waals surface area contributed by atoms with Crippen LogP contribution in [-0.4, -0.2) is 54.5 Å². The van der Waals surface area contributed by atoms with Gasteiger partial charge in [-0.15, -0.1) is 0 Å². The molecule has 5 heteroatoms. The summed E-state index contributed by atoms with van der Waals surface area (Å²) in [6, 6.07) is 8.97. The van der Waals surface area contributed by atoms with Crippen LogP contribution < -0.4 is 5.32 Å². The first-order chi connectivity index (χ1) is 14.1. The van der Waals surface area contributed by atoms with Gasteiger partial charge in [0.1, 0.15) is 0 Å². The molecule has 2 heterocycles. The molecule has 1 N–H and O–H groups in total. The van der Waals surface area contributed by atoms with Gasteiger partial charge in [-0.1, -0.05) is 42.7 Å². The Morgan fingerprint density at radius 2 is 1.66 bits per heavy atom. The Morgan fingerprint density at radius 3 is 2.31 bits per heavy atom. The Hall–Kier alpha value is -2.04. The number of nitrogens with zero attached hydrogens (tertiary/aromatic N) is 2. The van der Waals surface area contributed by atoms with Crippen molar-refractivity contribution in [3.63, 3.8) is 0 Å². The number of nitrogens with one attached hydrogen (secondary N) is 1. The van der Waals surface area contributed by atoms with Crippen molar-refractivity contribution < 1.29 is 9.59 Å². The Kier molecular flexibility index (Phi) is 6.12. The van der Waals surface area contributed by atoms with E-state index in [0.717, 1.165) is 58.2 Å². The quantitative estimate of drug-likeness (QED) is 0.839. The normalized spacial score (nSPS) is 22.1. The fourth-order valence-corrected chi connectivity index (χ4v) is 5.44. The van der Waals surface area contributed by atoms with E-state index in [1.54, 1.807) is 0 Å². The van der Waals surface area contributed by atoms with E-state index in [1.807, 2.05) is 9.80 Å². The summed E-state index contributed by atoms with van der Waals surface area (Å²) in [6.07, 6.45) is 8.58. The molecular weight excluding hydrogens is 362 g/mol. The summed E-state index contributed by atoms with van der Waals surface area (Å²) in [5.74, 6) is 0.214. The highest BCUT2D eigenvalue weighted by atomic mass is 16.2. The maximum absolute atomic E-state index is 12.9. The van der Waals surface area contributed by atoms with E-state index in [9.17, 15) is 9.59 Å². The smallest absolute Gasteiger partial charge is 0.319 e. The molecule has 0 unspecified atom stereocenters. The highest BCUT2D eigenvalue weighted by molar-refractivity contribution is 5.80. The second-order valence-corrected chi connectivity index (χ2v) is 9.31. The van der Waals surface area contributed by atoms with Gasteiger partial charge in [0, 0.05) is 44.1 Å². The number of aryl methyl sites for hydroxylation is 1. The molecule has 3 fully saturated rings. The van der Waals surface area contributed by atoms with Crippen molar-refractivity contribution in [1.29, 1.82) is 0 Å². The highest BCUT2D eigenvalue weighted by Gasteiger charge is 2.37. The SMILES string of the molecule is Cc1cccc(C2(CNC(=O)C3CCN(C(=O)N4CCCC4)CC3)CCCC2)c1. The molecule has 3 amide bonds. The third kappa shape index (κ3) is 4.44. The highest BCUT2D eigenvalue weighted by Crippen LogP contribution is 2.41. The van der Waals surface area contributed by atoms with Gasteiger partial charge in [-0.25, -0.2) is 4.79 Å². The number of carbonyl (C=O) groups is 2. The molecule has 0 spiro atoms. The predicted molar refractivity (Wildman–Crippen MR) is 115 cm³/mol. The molecule has 0 bridgehead atoms. The molecule has 5 nitrogen and oxygen atoms in total. The van der Waals surface area contributed by atoms with Crippen LogP contribution in [0.2, 0.25) is 0 Å². The first kappa shape index (κ1) is 20.2. The molecule has 1 saturated carbocycles. The Morgan fingerprint density at radius 1 is 1.00 bits per heavy atom. The van der Waals surface area contributed by atoms with Crippen LogP contribution in [0.3, 0.4) is 0 Å². The third-order valence-electron chi connectivity index (χ3n) is 7.30.